The first-order chi connectivity index (χ1) is 11.2. The van der Waals surface area contributed by atoms with Crippen LogP contribution >= 0.6 is 0 Å². The Morgan fingerprint density at radius 1 is 0.957 bits per heavy atom. The van der Waals surface area contributed by atoms with E-state index < -0.39 is 0 Å². The summed E-state index contributed by atoms with van der Waals surface area (Å²) < 4.78 is 0. The van der Waals surface area contributed by atoms with E-state index in [-0.39, 0.29) is 12.1 Å². The molecule has 1 aromatic rings. The van der Waals surface area contributed by atoms with Gasteiger partial charge in [-0.25, -0.2) is 4.79 Å². The molecule has 2 amide bonds. The lowest BCUT2D eigenvalue weighted by atomic mass is 9.95. The number of urea groups is 1. The molecule has 1 N–H and O–H groups in total. The smallest absolute Gasteiger partial charge is 0.318 e. The third kappa shape index (κ3) is 4.27. The minimum absolute atomic E-state index is 0.157. The van der Waals surface area contributed by atoms with Crippen molar-refractivity contribution in [1.82, 2.24) is 10.2 Å². The van der Waals surface area contributed by atoms with Crippen LogP contribution in [0.25, 0.3) is 0 Å². The van der Waals surface area contributed by atoms with Crippen molar-refractivity contribution >= 4 is 6.03 Å². The third-order valence-electron chi connectivity index (χ3n) is 5.41. The number of nitrogens with zero attached hydrogens (tertiary/aromatic N) is 1. The Labute approximate surface area is 140 Å². The quantitative estimate of drug-likeness (QED) is 0.822. The van der Waals surface area contributed by atoms with Gasteiger partial charge in [-0.1, -0.05) is 61.9 Å². The predicted molar refractivity (Wildman–Crippen MR) is 94.5 cm³/mol. The fourth-order valence-electron chi connectivity index (χ4n) is 3.99. The van der Waals surface area contributed by atoms with Gasteiger partial charge in [-0.15, -0.1) is 0 Å². The van der Waals surface area contributed by atoms with Crippen molar-refractivity contribution in [2.45, 2.75) is 76.8 Å². The van der Waals surface area contributed by atoms with Gasteiger partial charge in [0.25, 0.3) is 0 Å². The van der Waals surface area contributed by atoms with Crippen LogP contribution in [0.1, 0.15) is 75.0 Å². The molecule has 23 heavy (non-hydrogen) atoms. The molecule has 0 aromatic heterocycles. The molecule has 0 bridgehead atoms. The molecule has 2 fully saturated rings. The number of nitrogens with one attached hydrogen (secondary N) is 1. The second-order valence-corrected chi connectivity index (χ2v) is 7.25. The Bertz CT molecular complexity index is 505. The number of rotatable bonds is 2. The first-order valence-electron chi connectivity index (χ1n) is 9.38. The van der Waals surface area contributed by atoms with E-state index >= 15 is 0 Å². The number of likely N-dealkylation sites (tertiary alicyclic amines) is 1. The van der Waals surface area contributed by atoms with Gasteiger partial charge in [0.05, 0.1) is 6.04 Å². The van der Waals surface area contributed by atoms with Crippen molar-refractivity contribution in [3.8, 4) is 0 Å². The van der Waals surface area contributed by atoms with E-state index in [1.807, 2.05) is 0 Å². The minimum Gasteiger partial charge on any atom is -0.335 e. The van der Waals surface area contributed by atoms with Crippen molar-refractivity contribution in [1.29, 1.82) is 0 Å². The molecule has 1 heterocycles. The Kier molecular flexibility index (Phi) is 5.58. The molecule has 1 saturated carbocycles. The van der Waals surface area contributed by atoms with Crippen LogP contribution < -0.4 is 5.32 Å². The lowest BCUT2D eigenvalue weighted by Crippen LogP contribution is -2.46. The van der Waals surface area contributed by atoms with Gasteiger partial charge in [-0.2, -0.15) is 0 Å². The number of hydrogen-bond acceptors (Lipinski definition) is 1. The van der Waals surface area contributed by atoms with E-state index in [1.54, 1.807) is 0 Å². The third-order valence-corrected chi connectivity index (χ3v) is 5.41. The molecule has 1 aromatic carbocycles. The van der Waals surface area contributed by atoms with Crippen LogP contribution in [-0.4, -0.2) is 23.5 Å². The van der Waals surface area contributed by atoms with Gasteiger partial charge in [-0.3, -0.25) is 0 Å². The zero-order chi connectivity index (χ0) is 16.1. The highest BCUT2D eigenvalue weighted by Gasteiger charge is 2.28. The van der Waals surface area contributed by atoms with Crippen molar-refractivity contribution in [2.75, 3.05) is 6.54 Å². The highest BCUT2D eigenvalue weighted by Crippen LogP contribution is 2.30. The van der Waals surface area contributed by atoms with Crippen molar-refractivity contribution in [3.05, 3.63) is 35.4 Å². The van der Waals surface area contributed by atoms with E-state index in [9.17, 15) is 4.79 Å². The van der Waals surface area contributed by atoms with E-state index in [1.165, 1.54) is 43.2 Å². The molecule has 3 nitrogen and oxygen atoms in total. The monoisotopic (exact) mass is 314 g/mol. The maximum Gasteiger partial charge on any atom is 0.318 e. The largest absolute Gasteiger partial charge is 0.335 e. The Hall–Kier alpha value is -1.51. The summed E-state index contributed by atoms with van der Waals surface area (Å²) in [5, 5.41) is 3.31. The molecule has 0 spiro atoms. The van der Waals surface area contributed by atoms with E-state index in [0.29, 0.717) is 6.04 Å². The first-order valence-corrected chi connectivity index (χ1v) is 9.38. The Balaban J connectivity index is 1.72. The number of benzene rings is 1. The number of carbonyl (C=O) groups excluding carboxylic acids is 1. The standard InChI is InChI=1S/C20H30N2O/c1-16-11-13-17(14-12-16)19-10-6-3-7-15-22(19)20(23)21-18-8-4-2-5-9-18/h11-14,18-19H,2-10,15H2,1H3,(H,21,23)/t19-/m0/s1. The van der Waals surface area contributed by atoms with Crippen LogP contribution in [0.5, 0.6) is 0 Å². The second kappa shape index (κ2) is 7.85. The van der Waals surface area contributed by atoms with Gasteiger partial charge in [0.1, 0.15) is 0 Å². The Morgan fingerprint density at radius 3 is 2.35 bits per heavy atom. The molecule has 1 aliphatic carbocycles. The minimum atomic E-state index is 0.157. The summed E-state index contributed by atoms with van der Waals surface area (Å²) in [6.45, 7) is 3.00. The predicted octanol–water partition coefficient (Wildman–Crippen LogP) is 4.95. The summed E-state index contributed by atoms with van der Waals surface area (Å²) in [6.07, 6.45) is 10.8. The average Bonchev–Trinajstić information content (AvgIpc) is 2.82. The fourth-order valence-corrected chi connectivity index (χ4v) is 3.99. The van der Waals surface area contributed by atoms with Gasteiger partial charge in [-0.05, 0) is 38.2 Å². The normalized spacial score (nSPS) is 23.3. The molecular formula is C20H30N2O. The lowest BCUT2D eigenvalue weighted by molar-refractivity contribution is 0.169. The topological polar surface area (TPSA) is 32.3 Å². The van der Waals surface area contributed by atoms with Gasteiger partial charge >= 0.3 is 6.03 Å². The van der Waals surface area contributed by atoms with Gasteiger partial charge < -0.3 is 10.2 Å². The van der Waals surface area contributed by atoms with Crippen LogP contribution in [0.4, 0.5) is 4.79 Å². The highest BCUT2D eigenvalue weighted by molar-refractivity contribution is 5.75. The summed E-state index contributed by atoms with van der Waals surface area (Å²) in [7, 11) is 0. The summed E-state index contributed by atoms with van der Waals surface area (Å²) in [6, 6.07) is 9.51. The molecule has 3 rings (SSSR count). The van der Waals surface area contributed by atoms with E-state index in [2.05, 4.69) is 41.4 Å². The summed E-state index contributed by atoms with van der Waals surface area (Å²) in [4.78, 5) is 15.0. The fraction of sp³-hybridized carbons (Fsp3) is 0.650. The van der Waals surface area contributed by atoms with Gasteiger partial charge in [0, 0.05) is 12.6 Å². The maximum atomic E-state index is 12.9. The molecule has 3 heteroatoms. The van der Waals surface area contributed by atoms with Crippen LogP contribution in [-0.2, 0) is 0 Å². The SMILES string of the molecule is Cc1ccc([C@@H]2CCCCCN2C(=O)NC2CCCCC2)cc1. The van der Waals surface area contributed by atoms with Crippen molar-refractivity contribution in [3.63, 3.8) is 0 Å². The van der Waals surface area contributed by atoms with Crippen LogP contribution in [0.15, 0.2) is 24.3 Å². The lowest BCUT2D eigenvalue weighted by Gasteiger charge is -2.33. The maximum absolute atomic E-state index is 12.9. The van der Waals surface area contributed by atoms with Crippen molar-refractivity contribution in [2.24, 2.45) is 0 Å². The van der Waals surface area contributed by atoms with Crippen molar-refractivity contribution < 1.29 is 4.79 Å². The second-order valence-electron chi connectivity index (χ2n) is 7.25. The summed E-state index contributed by atoms with van der Waals surface area (Å²) >= 11 is 0. The molecule has 126 valence electrons. The first kappa shape index (κ1) is 16.4. The van der Waals surface area contributed by atoms with Gasteiger partial charge in [0.2, 0.25) is 0 Å². The molecule has 0 unspecified atom stereocenters. The number of hydrogen-bond donors (Lipinski definition) is 1. The molecular weight excluding hydrogens is 284 g/mol. The van der Waals surface area contributed by atoms with Crippen LogP contribution in [0, 0.1) is 6.92 Å². The average molecular weight is 314 g/mol. The molecule has 2 aliphatic rings. The number of carbonyl (C=O) groups is 1. The molecule has 1 atom stereocenters. The Morgan fingerprint density at radius 2 is 1.61 bits per heavy atom. The summed E-state index contributed by atoms with van der Waals surface area (Å²) in [5.41, 5.74) is 2.57. The van der Waals surface area contributed by atoms with Crippen LogP contribution in [0.3, 0.4) is 0 Å². The number of aryl methyl sites for hydroxylation is 1. The molecule has 0 radical (unpaired) electrons. The zero-order valence-electron chi connectivity index (χ0n) is 14.4. The van der Waals surface area contributed by atoms with E-state index in [0.717, 1.165) is 32.2 Å². The van der Waals surface area contributed by atoms with Gasteiger partial charge in [0.15, 0.2) is 0 Å². The zero-order valence-corrected chi connectivity index (χ0v) is 14.4. The van der Waals surface area contributed by atoms with Crippen LogP contribution in [0.2, 0.25) is 0 Å². The summed E-state index contributed by atoms with van der Waals surface area (Å²) in [5.74, 6) is 0. The number of amides is 2. The van der Waals surface area contributed by atoms with E-state index in [4.69, 9.17) is 0 Å². The highest BCUT2D eigenvalue weighted by atomic mass is 16.2. The molecule has 1 saturated heterocycles. The molecule has 1 aliphatic heterocycles.